The second-order valence-electron chi connectivity index (χ2n) is 6.25. The van der Waals surface area contributed by atoms with Gasteiger partial charge in [0.25, 0.3) is 0 Å². The quantitative estimate of drug-likeness (QED) is 0.539. The average Bonchev–Trinajstić information content (AvgIpc) is 3.12. The first-order valence-corrected chi connectivity index (χ1v) is 8.78. The Balaban J connectivity index is 1.72. The molecule has 3 N–H and O–H groups in total. The van der Waals surface area contributed by atoms with Gasteiger partial charge in [0.15, 0.2) is 0 Å². The Hall–Kier alpha value is -4.07. The zero-order chi connectivity index (χ0) is 20.2. The van der Waals surface area contributed by atoms with E-state index in [1.54, 1.807) is 18.2 Å². The molecule has 0 saturated carbocycles. The van der Waals surface area contributed by atoms with Crippen molar-refractivity contribution >= 4 is 17.7 Å². The monoisotopic (exact) mass is 389 g/mol. The molecular weight excluding hydrogens is 373 g/mol. The van der Waals surface area contributed by atoms with Gasteiger partial charge in [-0.25, -0.2) is 14.4 Å². The Morgan fingerprint density at radius 3 is 2.55 bits per heavy atom. The predicted octanol–water partition coefficient (Wildman–Crippen LogP) is 3.70. The number of hydrogen-bond acceptors (Lipinski definition) is 6. The molecule has 144 valence electrons. The van der Waals surface area contributed by atoms with Gasteiger partial charge < -0.3 is 10.3 Å². The number of hydrogen-bond donors (Lipinski definition) is 2. The molecule has 29 heavy (non-hydrogen) atoms. The summed E-state index contributed by atoms with van der Waals surface area (Å²) >= 11 is 0. The molecule has 0 spiro atoms. The van der Waals surface area contributed by atoms with Crippen LogP contribution in [-0.2, 0) is 11.2 Å². The Labute approximate surface area is 165 Å². The summed E-state index contributed by atoms with van der Waals surface area (Å²) in [6.07, 6.45) is 1.66. The van der Waals surface area contributed by atoms with Crippen LogP contribution in [0.15, 0.2) is 71.4 Å². The van der Waals surface area contributed by atoms with Gasteiger partial charge in [0.2, 0.25) is 17.7 Å². The maximum atomic E-state index is 13.3. The van der Waals surface area contributed by atoms with Crippen molar-refractivity contribution < 1.29 is 13.7 Å². The molecule has 0 unspecified atom stereocenters. The summed E-state index contributed by atoms with van der Waals surface area (Å²) in [5.74, 6) is -0.457. The fraction of sp³-hybridized carbons (Fsp3) is 0.0476. The third-order valence-corrected chi connectivity index (χ3v) is 4.20. The molecule has 2 aromatic heterocycles. The van der Waals surface area contributed by atoms with Crippen molar-refractivity contribution in [3.05, 3.63) is 78.2 Å². The number of benzene rings is 2. The topological polar surface area (TPSA) is 107 Å². The maximum Gasteiger partial charge on any atom is 0.241 e. The van der Waals surface area contributed by atoms with E-state index in [-0.39, 0.29) is 30.0 Å². The van der Waals surface area contributed by atoms with Crippen LogP contribution in [0.4, 0.5) is 16.2 Å². The van der Waals surface area contributed by atoms with E-state index < -0.39 is 0 Å². The highest BCUT2D eigenvalue weighted by Gasteiger charge is 2.22. The molecule has 0 radical (unpaired) electrons. The predicted molar refractivity (Wildman–Crippen MR) is 106 cm³/mol. The first-order valence-electron chi connectivity index (χ1n) is 8.78. The zero-order valence-corrected chi connectivity index (χ0v) is 15.2. The zero-order valence-electron chi connectivity index (χ0n) is 15.2. The fourth-order valence-corrected chi connectivity index (χ4v) is 2.88. The molecular formula is C21H16FN5O2. The minimum atomic E-state index is -0.374. The SMILES string of the molecule is Nc1nccc(-c2c(-c3ccc(F)cc3)noc2NC(=O)Cc2ccccc2)n1. The number of rotatable bonds is 5. The molecule has 0 fully saturated rings. The van der Waals surface area contributed by atoms with Gasteiger partial charge in [0.1, 0.15) is 11.5 Å². The molecule has 2 aromatic carbocycles. The maximum absolute atomic E-state index is 13.3. The Bertz CT molecular complexity index is 1140. The van der Waals surface area contributed by atoms with Crippen molar-refractivity contribution in [2.45, 2.75) is 6.42 Å². The Morgan fingerprint density at radius 1 is 1.07 bits per heavy atom. The van der Waals surface area contributed by atoms with Crippen LogP contribution in [-0.4, -0.2) is 21.0 Å². The van der Waals surface area contributed by atoms with Crippen molar-refractivity contribution in [3.63, 3.8) is 0 Å². The summed E-state index contributed by atoms with van der Waals surface area (Å²) in [6.45, 7) is 0. The van der Waals surface area contributed by atoms with Crippen molar-refractivity contribution in [2.75, 3.05) is 11.1 Å². The first-order chi connectivity index (χ1) is 14.1. The number of anilines is 2. The van der Waals surface area contributed by atoms with E-state index >= 15 is 0 Å². The number of nitrogens with one attached hydrogen (secondary N) is 1. The number of nitrogens with zero attached hydrogens (tertiary/aromatic N) is 3. The molecule has 0 bridgehead atoms. The van der Waals surface area contributed by atoms with E-state index in [4.69, 9.17) is 10.3 Å². The molecule has 0 saturated heterocycles. The lowest BCUT2D eigenvalue weighted by atomic mass is 10.0. The Morgan fingerprint density at radius 2 is 1.83 bits per heavy atom. The number of amides is 1. The van der Waals surface area contributed by atoms with Crippen LogP contribution in [0.2, 0.25) is 0 Å². The third kappa shape index (κ3) is 4.11. The van der Waals surface area contributed by atoms with Gasteiger partial charge in [-0.05, 0) is 35.9 Å². The summed E-state index contributed by atoms with van der Waals surface area (Å²) in [6, 6.07) is 16.7. The van der Waals surface area contributed by atoms with Gasteiger partial charge in [0.05, 0.1) is 17.7 Å². The van der Waals surface area contributed by atoms with Gasteiger partial charge in [-0.3, -0.25) is 10.1 Å². The number of carbonyl (C=O) groups excluding carboxylic acids is 1. The van der Waals surface area contributed by atoms with Crippen LogP contribution in [0.5, 0.6) is 0 Å². The van der Waals surface area contributed by atoms with Crippen LogP contribution in [0.25, 0.3) is 22.5 Å². The highest BCUT2D eigenvalue weighted by Crippen LogP contribution is 2.37. The molecule has 0 aliphatic heterocycles. The first kappa shape index (κ1) is 18.3. The summed E-state index contributed by atoms with van der Waals surface area (Å²) in [5.41, 5.74) is 8.44. The smallest absolute Gasteiger partial charge is 0.241 e. The average molecular weight is 389 g/mol. The van der Waals surface area contributed by atoms with E-state index in [0.29, 0.717) is 22.5 Å². The van der Waals surface area contributed by atoms with Crippen LogP contribution >= 0.6 is 0 Å². The van der Waals surface area contributed by atoms with Crippen molar-refractivity contribution in [2.24, 2.45) is 0 Å². The number of nitrogens with two attached hydrogens (primary N) is 1. The minimum absolute atomic E-state index is 0.0651. The molecule has 8 heteroatoms. The van der Waals surface area contributed by atoms with E-state index in [1.165, 1.54) is 18.3 Å². The van der Waals surface area contributed by atoms with Crippen LogP contribution < -0.4 is 11.1 Å². The molecule has 0 atom stereocenters. The lowest BCUT2D eigenvalue weighted by Gasteiger charge is -2.06. The van der Waals surface area contributed by atoms with Gasteiger partial charge in [-0.2, -0.15) is 0 Å². The Kier molecular flexibility index (Phi) is 4.98. The lowest BCUT2D eigenvalue weighted by molar-refractivity contribution is -0.115. The largest absolute Gasteiger partial charge is 0.368 e. The lowest BCUT2D eigenvalue weighted by Crippen LogP contribution is -2.14. The third-order valence-electron chi connectivity index (χ3n) is 4.20. The summed E-state index contributed by atoms with van der Waals surface area (Å²) in [7, 11) is 0. The molecule has 1 amide bonds. The van der Waals surface area contributed by atoms with Crippen molar-refractivity contribution in [3.8, 4) is 22.5 Å². The second-order valence-corrected chi connectivity index (χ2v) is 6.25. The number of nitrogen functional groups attached to an aromatic ring is 1. The normalized spacial score (nSPS) is 10.7. The number of aromatic nitrogens is 3. The number of carbonyl (C=O) groups is 1. The minimum Gasteiger partial charge on any atom is -0.368 e. The van der Waals surface area contributed by atoms with E-state index in [0.717, 1.165) is 5.56 Å². The van der Waals surface area contributed by atoms with Crippen LogP contribution in [0, 0.1) is 5.82 Å². The van der Waals surface area contributed by atoms with Crippen molar-refractivity contribution in [1.82, 2.24) is 15.1 Å². The number of halogens is 1. The fourth-order valence-electron chi connectivity index (χ4n) is 2.88. The summed E-state index contributed by atoms with van der Waals surface area (Å²) < 4.78 is 18.7. The van der Waals surface area contributed by atoms with Gasteiger partial charge in [-0.15, -0.1) is 0 Å². The molecule has 7 nitrogen and oxygen atoms in total. The highest BCUT2D eigenvalue weighted by molar-refractivity contribution is 5.97. The van der Waals surface area contributed by atoms with Crippen LogP contribution in [0.1, 0.15) is 5.56 Å². The van der Waals surface area contributed by atoms with E-state index in [9.17, 15) is 9.18 Å². The second kappa shape index (κ2) is 7.89. The highest BCUT2D eigenvalue weighted by atomic mass is 19.1. The van der Waals surface area contributed by atoms with E-state index in [2.05, 4.69) is 20.4 Å². The van der Waals surface area contributed by atoms with Crippen LogP contribution in [0.3, 0.4) is 0 Å². The van der Waals surface area contributed by atoms with Crippen molar-refractivity contribution in [1.29, 1.82) is 0 Å². The van der Waals surface area contributed by atoms with E-state index in [1.807, 2.05) is 30.3 Å². The molecule has 4 aromatic rings. The standard InChI is InChI=1S/C21H16FN5O2/c22-15-8-6-14(7-9-15)19-18(16-10-11-24-21(23)25-16)20(29-27-19)26-17(28)12-13-4-2-1-3-5-13/h1-11H,12H2,(H,26,28)(H2,23,24,25). The molecule has 4 rings (SSSR count). The van der Waals surface area contributed by atoms with Gasteiger partial charge >= 0.3 is 0 Å². The van der Waals surface area contributed by atoms with Gasteiger partial charge in [-0.1, -0.05) is 35.5 Å². The summed E-state index contributed by atoms with van der Waals surface area (Å²) in [4.78, 5) is 20.6. The van der Waals surface area contributed by atoms with Gasteiger partial charge in [0, 0.05) is 11.8 Å². The molecule has 0 aliphatic carbocycles. The summed E-state index contributed by atoms with van der Waals surface area (Å²) in [5, 5.41) is 6.80. The molecule has 2 heterocycles. The molecule has 0 aliphatic rings.